The second-order valence-electron chi connectivity index (χ2n) is 4.61. The molecular formula is C15H11Cl2F3N2O. The first-order valence-electron chi connectivity index (χ1n) is 6.42. The van der Waals surface area contributed by atoms with E-state index in [9.17, 15) is 18.0 Å². The Morgan fingerprint density at radius 2 is 1.74 bits per heavy atom. The van der Waals surface area contributed by atoms with Crippen molar-refractivity contribution in [1.82, 2.24) is 0 Å². The van der Waals surface area contributed by atoms with Crippen LogP contribution in [0.4, 0.5) is 24.5 Å². The van der Waals surface area contributed by atoms with Crippen LogP contribution >= 0.6 is 23.2 Å². The number of hydrogen-bond acceptors (Lipinski definition) is 2. The van der Waals surface area contributed by atoms with Gasteiger partial charge in [-0.25, -0.2) is 0 Å². The fraction of sp³-hybridized carbons (Fsp3) is 0.133. The molecule has 0 spiro atoms. The maximum atomic E-state index is 12.6. The van der Waals surface area contributed by atoms with E-state index in [2.05, 4.69) is 10.6 Å². The highest BCUT2D eigenvalue weighted by molar-refractivity contribution is 6.42. The lowest BCUT2D eigenvalue weighted by Crippen LogP contribution is -2.21. The quantitative estimate of drug-likeness (QED) is 0.797. The van der Waals surface area contributed by atoms with Crippen molar-refractivity contribution in [2.75, 3.05) is 17.2 Å². The Hall–Kier alpha value is -1.92. The normalized spacial score (nSPS) is 11.2. The highest BCUT2D eigenvalue weighted by Crippen LogP contribution is 2.30. The van der Waals surface area contributed by atoms with Crippen molar-refractivity contribution in [2.24, 2.45) is 0 Å². The summed E-state index contributed by atoms with van der Waals surface area (Å²) in [6.45, 7) is -0.193. The largest absolute Gasteiger partial charge is 0.416 e. The maximum Gasteiger partial charge on any atom is 0.416 e. The molecule has 2 aromatic carbocycles. The fourth-order valence-electron chi connectivity index (χ4n) is 1.77. The number of benzene rings is 2. The van der Waals surface area contributed by atoms with Crippen LogP contribution in [0.2, 0.25) is 10.0 Å². The van der Waals surface area contributed by atoms with Crippen molar-refractivity contribution >= 4 is 40.5 Å². The van der Waals surface area contributed by atoms with E-state index in [0.717, 1.165) is 12.1 Å². The van der Waals surface area contributed by atoms with Crippen LogP contribution in [-0.4, -0.2) is 12.5 Å². The van der Waals surface area contributed by atoms with Crippen LogP contribution in [-0.2, 0) is 11.0 Å². The van der Waals surface area contributed by atoms with E-state index in [1.54, 1.807) is 6.07 Å². The van der Waals surface area contributed by atoms with E-state index in [-0.39, 0.29) is 17.3 Å². The van der Waals surface area contributed by atoms with Crippen molar-refractivity contribution in [3.05, 3.63) is 58.1 Å². The van der Waals surface area contributed by atoms with Crippen LogP contribution in [0.25, 0.3) is 0 Å². The van der Waals surface area contributed by atoms with Crippen molar-refractivity contribution < 1.29 is 18.0 Å². The van der Waals surface area contributed by atoms with Gasteiger partial charge in [-0.05, 0) is 36.4 Å². The van der Waals surface area contributed by atoms with E-state index in [4.69, 9.17) is 23.2 Å². The van der Waals surface area contributed by atoms with Crippen LogP contribution in [0.1, 0.15) is 5.56 Å². The van der Waals surface area contributed by atoms with E-state index in [1.165, 1.54) is 24.3 Å². The van der Waals surface area contributed by atoms with Gasteiger partial charge in [-0.3, -0.25) is 4.79 Å². The summed E-state index contributed by atoms with van der Waals surface area (Å²) in [5, 5.41) is 5.83. The van der Waals surface area contributed by atoms with Gasteiger partial charge >= 0.3 is 6.18 Å². The van der Waals surface area contributed by atoms with Crippen molar-refractivity contribution in [1.29, 1.82) is 0 Å². The zero-order valence-electron chi connectivity index (χ0n) is 11.5. The minimum Gasteiger partial charge on any atom is -0.376 e. The lowest BCUT2D eigenvalue weighted by molar-refractivity contribution is -0.137. The van der Waals surface area contributed by atoms with Gasteiger partial charge < -0.3 is 10.6 Å². The van der Waals surface area contributed by atoms with Crippen molar-refractivity contribution in [3.63, 3.8) is 0 Å². The number of carbonyl (C=O) groups is 1. The third-order valence-electron chi connectivity index (χ3n) is 2.85. The minimum absolute atomic E-state index is 0.193. The van der Waals surface area contributed by atoms with Gasteiger partial charge in [0.2, 0.25) is 5.91 Å². The molecule has 0 saturated heterocycles. The number of anilines is 2. The highest BCUT2D eigenvalue weighted by atomic mass is 35.5. The average Bonchev–Trinajstić information content (AvgIpc) is 2.48. The lowest BCUT2D eigenvalue weighted by Gasteiger charge is -2.11. The molecule has 0 fully saturated rings. The van der Waals surface area contributed by atoms with Crippen molar-refractivity contribution in [2.45, 2.75) is 6.18 Å². The highest BCUT2D eigenvalue weighted by Gasteiger charge is 2.30. The number of rotatable bonds is 4. The van der Waals surface area contributed by atoms with Crippen LogP contribution in [0, 0.1) is 0 Å². The summed E-state index contributed by atoms with van der Waals surface area (Å²) in [4.78, 5) is 11.8. The Kier molecular flexibility index (Phi) is 5.38. The molecule has 0 aliphatic heterocycles. The third kappa shape index (κ3) is 5.04. The molecule has 0 radical (unpaired) electrons. The first-order valence-corrected chi connectivity index (χ1v) is 7.17. The fourth-order valence-corrected chi connectivity index (χ4v) is 2.06. The van der Waals surface area contributed by atoms with Gasteiger partial charge in [-0.15, -0.1) is 0 Å². The summed E-state index contributed by atoms with van der Waals surface area (Å²) < 4.78 is 37.8. The Balaban J connectivity index is 1.95. The molecule has 3 nitrogen and oxygen atoms in total. The molecule has 1 amide bonds. The molecule has 2 N–H and O–H groups in total. The van der Waals surface area contributed by atoms with E-state index >= 15 is 0 Å². The molecular weight excluding hydrogens is 352 g/mol. The number of amides is 1. The van der Waals surface area contributed by atoms with Gasteiger partial charge in [-0.1, -0.05) is 29.3 Å². The molecule has 0 aliphatic carbocycles. The van der Waals surface area contributed by atoms with Gasteiger partial charge in [-0.2, -0.15) is 13.2 Å². The summed E-state index contributed by atoms with van der Waals surface area (Å²) in [7, 11) is 0. The van der Waals surface area contributed by atoms with Crippen molar-refractivity contribution in [3.8, 4) is 0 Å². The first kappa shape index (κ1) is 17.4. The van der Waals surface area contributed by atoms with Gasteiger partial charge in [0.15, 0.2) is 0 Å². The summed E-state index contributed by atoms with van der Waals surface area (Å²) in [6.07, 6.45) is -4.43. The zero-order chi connectivity index (χ0) is 17.0. The molecule has 0 heterocycles. The number of carbonyl (C=O) groups excluding carboxylic acids is 1. The predicted molar refractivity (Wildman–Crippen MR) is 85.0 cm³/mol. The SMILES string of the molecule is O=C(CNc1cccc(C(F)(F)F)c1)Nc1ccc(Cl)c(Cl)c1. The molecule has 2 aromatic rings. The summed E-state index contributed by atoms with van der Waals surface area (Å²) in [6, 6.07) is 9.18. The Bertz CT molecular complexity index is 720. The topological polar surface area (TPSA) is 41.1 Å². The van der Waals surface area contributed by atoms with Gasteiger partial charge in [0.05, 0.1) is 22.2 Å². The van der Waals surface area contributed by atoms with Crippen LogP contribution in [0.15, 0.2) is 42.5 Å². The molecule has 0 saturated carbocycles. The van der Waals surface area contributed by atoms with E-state index < -0.39 is 17.6 Å². The molecule has 0 aromatic heterocycles. The van der Waals surface area contributed by atoms with Gasteiger partial charge in [0.25, 0.3) is 0 Å². The summed E-state index contributed by atoms with van der Waals surface area (Å²) >= 11 is 11.6. The van der Waals surface area contributed by atoms with Gasteiger partial charge in [0.1, 0.15) is 0 Å². The standard InChI is InChI=1S/C15H11Cl2F3N2O/c16-12-5-4-11(7-13(12)17)22-14(23)8-21-10-3-1-2-9(6-10)15(18,19)20/h1-7,21H,8H2,(H,22,23). The third-order valence-corrected chi connectivity index (χ3v) is 3.59. The Morgan fingerprint density at radius 1 is 1.00 bits per heavy atom. The van der Waals surface area contributed by atoms with Crippen LogP contribution in [0.3, 0.4) is 0 Å². The lowest BCUT2D eigenvalue weighted by atomic mass is 10.2. The smallest absolute Gasteiger partial charge is 0.376 e. The Labute approximate surface area is 140 Å². The second-order valence-corrected chi connectivity index (χ2v) is 5.42. The monoisotopic (exact) mass is 362 g/mol. The first-order chi connectivity index (χ1) is 10.8. The number of nitrogens with one attached hydrogen (secondary N) is 2. The molecule has 0 bridgehead atoms. The molecule has 0 aliphatic rings. The molecule has 122 valence electrons. The minimum atomic E-state index is -4.43. The maximum absolute atomic E-state index is 12.6. The average molecular weight is 363 g/mol. The summed E-state index contributed by atoms with van der Waals surface area (Å²) in [5.74, 6) is -0.430. The molecule has 2 rings (SSSR count). The molecule has 0 unspecified atom stereocenters. The molecule has 8 heteroatoms. The van der Waals surface area contributed by atoms with Gasteiger partial charge in [0, 0.05) is 11.4 Å². The van der Waals surface area contributed by atoms with E-state index in [0.29, 0.717) is 10.7 Å². The molecule has 23 heavy (non-hydrogen) atoms. The second kappa shape index (κ2) is 7.10. The predicted octanol–water partition coefficient (Wildman–Crippen LogP) is 5.06. The Morgan fingerprint density at radius 3 is 2.39 bits per heavy atom. The van der Waals surface area contributed by atoms with Crippen LogP contribution < -0.4 is 10.6 Å². The molecule has 0 atom stereocenters. The van der Waals surface area contributed by atoms with Crippen LogP contribution in [0.5, 0.6) is 0 Å². The number of halogens is 5. The number of hydrogen-bond donors (Lipinski definition) is 2. The summed E-state index contributed by atoms with van der Waals surface area (Å²) in [5.41, 5.74) is -0.147. The van der Waals surface area contributed by atoms with E-state index in [1.807, 2.05) is 0 Å². The number of alkyl halides is 3. The zero-order valence-corrected chi connectivity index (χ0v) is 13.1.